The third-order valence-corrected chi connectivity index (χ3v) is 2.29. The number of amides is 2. The van der Waals surface area contributed by atoms with E-state index >= 15 is 0 Å². The molecule has 0 saturated carbocycles. The summed E-state index contributed by atoms with van der Waals surface area (Å²) >= 11 is 0. The Balaban J connectivity index is 0. The molecule has 0 saturated heterocycles. The van der Waals surface area contributed by atoms with Gasteiger partial charge in [-0.1, -0.05) is 0 Å². The molecule has 0 rings (SSSR count). The summed E-state index contributed by atoms with van der Waals surface area (Å²) in [6.45, 7) is 0.475. The molecule has 0 aromatic rings. The lowest BCUT2D eigenvalue weighted by Gasteiger charge is -2.18. The number of hydrogen-bond acceptors (Lipinski definition) is 7. The van der Waals surface area contributed by atoms with Crippen LogP contribution in [0.15, 0.2) is 0 Å². The minimum Gasteiger partial charge on any atom is -0.395 e. The third-order valence-electron chi connectivity index (χ3n) is 1.87. The molecule has 6 N–H and O–H groups in total. The molecule has 0 aromatic heterocycles. The zero-order valence-corrected chi connectivity index (χ0v) is 11.5. The van der Waals surface area contributed by atoms with Gasteiger partial charge < -0.3 is 21.5 Å². The number of aliphatic hydroxyl groups is 1. The van der Waals surface area contributed by atoms with Gasteiger partial charge in [0.15, 0.2) is 0 Å². The fourth-order valence-electron chi connectivity index (χ4n) is 0.894. The van der Waals surface area contributed by atoms with Gasteiger partial charge in [0, 0.05) is 13.1 Å². The number of hydrogen-bond donors (Lipinski definition) is 4. The fraction of sp³-hybridized carbons (Fsp3) is 0.750. The number of carbonyl (C=O) groups is 2. The van der Waals surface area contributed by atoms with Crippen LogP contribution in [-0.2, 0) is 24.2 Å². The van der Waals surface area contributed by atoms with Gasteiger partial charge in [-0.2, -0.15) is 8.42 Å². The summed E-state index contributed by atoms with van der Waals surface area (Å²) < 4.78 is 29.7. The summed E-state index contributed by atoms with van der Waals surface area (Å²) in [7, 11) is -1.63. The standard InChI is InChI=1S/C7H15N3O3.CH4O4S/c1-10(2-3-11)4-5(6(8)12)7(9)13;1-5-6(2,3)4/h5,11H,2-4H2,1H3,(H2,8,12)(H2,9,13);1H3,(H,2,3,4). The van der Waals surface area contributed by atoms with Crippen molar-refractivity contribution >= 4 is 22.2 Å². The highest BCUT2D eigenvalue weighted by Gasteiger charge is 2.22. The Bertz CT molecular complexity index is 370. The molecular weight excluding hydrogens is 282 g/mol. The molecule has 0 fully saturated rings. The van der Waals surface area contributed by atoms with Gasteiger partial charge in [-0.3, -0.25) is 18.3 Å². The van der Waals surface area contributed by atoms with Crippen molar-refractivity contribution in [1.82, 2.24) is 4.90 Å². The molecule has 0 radical (unpaired) electrons. The molecule has 10 nitrogen and oxygen atoms in total. The second kappa shape index (κ2) is 9.63. The van der Waals surface area contributed by atoms with Crippen LogP contribution < -0.4 is 11.5 Å². The first-order valence-electron chi connectivity index (χ1n) is 4.96. The molecule has 11 heteroatoms. The van der Waals surface area contributed by atoms with Crippen molar-refractivity contribution in [1.29, 1.82) is 0 Å². The summed E-state index contributed by atoms with van der Waals surface area (Å²) in [6, 6.07) is 0. The van der Waals surface area contributed by atoms with Crippen molar-refractivity contribution in [3.63, 3.8) is 0 Å². The van der Waals surface area contributed by atoms with Crippen molar-refractivity contribution in [2.75, 3.05) is 33.9 Å². The average Bonchev–Trinajstić information content (AvgIpc) is 2.25. The molecule has 0 aliphatic rings. The maximum absolute atomic E-state index is 10.7. The average molecular weight is 301 g/mol. The molecule has 0 heterocycles. The largest absolute Gasteiger partial charge is 0.397 e. The van der Waals surface area contributed by atoms with Gasteiger partial charge in [0.1, 0.15) is 5.92 Å². The Hall–Kier alpha value is -1.27. The quantitative estimate of drug-likeness (QED) is 0.283. The molecule has 0 aromatic carbocycles. The van der Waals surface area contributed by atoms with Gasteiger partial charge in [-0.25, -0.2) is 0 Å². The van der Waals surface area contributed by atoms with Gasteiger partial charge in [0.25, 0.3) is 0 Å². The number of nitrogens with two attached hydrogens (primary N) is 2. The molecule has 0 unspecified atom stereocenters. The van der Waals surface area contributed by atoms with E-state index < -0.39 is 28.1 Å². The smallest absolute Gasteiger partial charge is 0.395 e. The van der Waals surface area contributed by atoms with Crippen LogP contribution >= 0.6 is 0 Å². The van der Waals surface area contributed by atoms with Gasteiger partial charge in [0.05, 0.1) is 13.7 Å². The van der Waals surface area contributed by atoms with Crippen LogP contribution in [0.25, 0.3) is 0 Å². The van der Waals surface area contributed by atoms with Gasteiger partial charge in [0.2, 0.25) is 11.8 Å². The van der Waals surface area contributed by atoms with Crippen molar-refractivity contribution in [3.8, 4) is 0 Å². The first-order valence-corrected chi connectivity index (χ1v) is 6.32. The highest BCUT2D eigenvalue weighted by Crippen LogP contribution is 1.97. The number of rotatable bonds is 7. The van der Waals surface area contributed by atoms with Crippen LogP contribution in [-0.4, -0.2) is 68.6 Å². The lowest BCUT2D eigenvalue weighted by molar-refractivity contribution is -0.132. The van der Waals surface area contributed by atoms with Gasteiger partial charge in [-0.15, -0.1) is 0 Å². The Kier molecular flexibility index (Phi) is 10.2. The Morgan fingerprint density at radius 1 is 1.32 bits per heavy atom. The van der Waals surface area contributed by atoms with E-state index in [0.717, 1.165) is 7.11 Å². The van der Waals surface area contributed by atoms with Crippen molar-refractivity contribution in [3.05, 3.63) is 0 Å². The summed E-state index contributed by atoms with van der Waals surface area (Å²) in [5.41, 5.74) is 9.91. The SMILES string of the molecule is CN(CCO)CC(C(N)=O)C(N)=O.COS(=O)(=O)O. The summed E-state index contributed by atoms with van der Waals surface area (Å²) in [6.07, 6.45) is 0. The predicted octanol–water partition coefficient (Wildman–Crippen LogP) is -3.07. The van der Waals surface area contributed by atoms with Crippen molar-refractivity contribution in [2.45, 2.75) is 0 Å². The van der Waals surface area contributed by atoms with E-state index in [0.29, 0.717) is 6.54 Å². The molecule has 0 aliphatic carbocycles. The minimum atomic E-state index is -4.16. The molecule has 0 aliphatic heterocycles. The lowest BCUT2D eigenvalue weighted by Crippen LogP contribution is -2.43. The van der Waals surface area contributed by atoms with E-state index in [1.54, 1.807) is 11.9 Å². The first-order chi connectivity index (χ1) is 8.55. The topological polar surface area (TPSA) is 173 Å². The van der Waals surface area contributed by atoms with Crippen LogP contribution in [0, 0.1) is 5.92 Å². The second-order valence-corrected chi connectivity index (χ2v) is 4.63. The highest BCUT2D eigenvalue weighted by atomic mass is 32.3. The summed E-state index contributed by atoms with van der Waals surface area (Å²) in [5, 5.41) is 8.55. The molecule has 0 bridgehead atoms. The zero-order valence-electron chi connectivity index (χ0n) is 10.6. The van der Waals surface area contributed by atoms with E-state index in [4.69, 9.17) is 21.1 Å². The van der Waals surface area contributed by atoms with Crippen molar-refractivity contribution in [2.24, 2.45) is 17.4 Å². The molecular formula is C8H19N3O7S. The molecule has 19 heavy (non-hydrogen) atoms. The van der Waals surface area contributed by atoms with E-state index in [9.17, 15) is 18.0 Å². The molecule has 0 atom stereocenters. The Morgan fingerprint density at radius 3 is 1.89 bits per heavy atom. The number of likely N-dealkylation sites (N-methyl/N-ethyl adjacent to an activating group) is 1. The maximum atomic E-state index is 10.7. The van der Waals surface area contributed by atoms with Gasteiger partial charge >= 0.3 is 10.4 Å². The Morgan fingerprint density at radius 2 is 1.68 bits per heavy atom. The van der Waals surface area contributed by atoms with Crippen LogP contribution in [0.2, 0.25) is 0 Å². The summed E-state index contributed by atoms with van der Waals surface area (Å²) in [4.78, 5) is 23.0. The van der Waals surface area contributed by atoms with E-state index in [2.05, 4.69) is 4.18 Å². The Labute approximate surface area is 111 Å². The first kappa shape index (κ1) is 20.1. The fourth-order valence-corrected chi connectivity index (χ4v) is 0.894. The number of nitrogens with zero attached hydrogens (tertiary/aromatic N) is 1. The normalized spacial score (nSPS) is 11.1. The molecule has 114 valence electrons. The van der Waals surface area contributed by atoms with Crippen LogP contribution in [0.4, 0.5) is 0 Å². The molecule has 0 spiro atoms. The maximum Gasteiger partial charge on any atom is 0.397 e. The molecule has 2 amide bonds. The van der Waals surface area contributed by atoms with Crippen LogP contribution in [0.1, 0.15) is 0 Å². The number of aliphatic hydroxyl groups excluding tert-OH is 1. The van der Waals surface area contributed by atoms with E-state index in [-0.39, 0.29) is 13.2 Å². The van der Waals surface area contributed by atoms with E-state index in [1.165, 1.54) is 0 Å². The zero-order chi connectivity index (χ0) is 15.6. The predicted molar refractivity (Wildman–Crippen MR) is 65.0 cm³/mol. The number of carbonyl (C=O) groups excluding carboxylic acids is 2. The third kappa shape index (κ3) is 13.0. The second-order valence-electron chi connectivity index (χ2n) is 3.44. The van der Waals surface area contributed by atoms with E-state index in [1.807, 2.05) is 0 Å². The highest BCUT2D eigenvalue weighted by molar-refractivity contribution is 7.80. The minimum absolute atomic E-state index is 0.0409. The number of primary amides is 2. The summed E-state index contributed by atoms with van der Waals surface area (Å²) in [5.74, 6) is -2.47. The van der Waals surface area contributed by atoms with Crippen molar-refractivity contribution < 1.29 is 31.8 Å². The lowest BCUT2D eigenvalue weighted by atomic mass is 10.1. The van der Waals surface area contributed by atoms with Crippen LogP contribution in [0.3, 0.4) is 0 Å². The van der Waals surface area contributed by atoms with Crippen LogP contribution in [0.5, 0.6) is 0 Å². The van der Waals surface area contributed by atoms with Gasteiger partial charge in [-0.05, 0) is 7.05 Å². The monoisotopic (exact) mass is 301 g/mol.